The van der Waals surface area contributed by atoms with Crippen LogP contribution in [0.5, 0.6) is 0 Å². The zero-order valence-corrected chi connectivity index (χ0v) is 21.7. The molecule has 0 spiro atoms. The Labute approximate surface area is 213 Å². The number of amides is 2. The molecule has 178 valence electrons. The predicted octanol–water partition coefficient (Wildman–Crippen LogP) is 6.99. The second-order valence-electron chi connectivity index (χ2n) is 8.42. The highest BCUT2D eigenvalue weighted by atomic mass is 32.2. The maximum atomic E-state index is 12.9. The topological polar surface area (TPSA) is 71.1 Å². The average Bonchev–Trinajstić information content (AvgIpc) is 3.22. The predicted molar refractivity (Wildman–Crippen MR) is 148 cm³/mol. The number of benzene rings is 3. The minimum absolute atomic E-state index is 0.0533. The van der Waals surface area contributed by atoms with E-state index in [1.807, 2.05) is 69.3 Å². The molecule has 1 unspecified atom stereocenters. The molecule has 4 aromatic rings. The molecule has 1 atom stereocenters. The lowest BCUT2D eigenvalue weighted by Crippen LogP contribution is -2.23. The van der Waals surface area contributed by atoms with Gasteiger partial charge in [-0.05, 0) is 68.7 Å². The zero-order chi connectivity index (χ0) is 24.9. The van der Waals surface area contributed by atoms with Gasteiger partial charge in [0.05, 0.1) is 15.5 Å². The molecule has 2 N–H and O–H groups in total. The van der Waals surface area contributed by atoms with Gasteiger partial charge in [-0.25, -0.2) is 4.98 Å². The lowest BCUT2D eigenvalue weighted by atomic mass is 10.1. The molecule has 1 heterocycles. The van der Waals surface area contributed by atoms with Crippen LogP contribution in [0.15, 0.2) is 71.1 Å². The van der Waals surface area contributed by atoms with Gasteiger partial charge < -0.3 is 10.6 Å². The van der Waals surface area contributed by atoms with E-state index in [0.29, 0.717) is 5.69 Å². The monoisotopic (exact) mass is 501 g/mol. The van der Waals surface area contributed by atoms with Gasteiger partial charge in [-0.15, -0.1) is 11.3 Å². The van der Waals surface area contributed by atoms with Crippen LogP contribution >= 0.6 is 23.1 Å². The smallest absolute Gasteiger partial charge is 0.248 e. The zero-order valence-electron chi connectivity index (χ0n) is 20.1. The largest absolute Gasteiger partial charge is 0.325 e. The minimum atomic E-state index is -0.307. The van der Waals surface area contributed by atoms with Gasteiger partial charge in [0.15, 0.2) is 4.34 Å². The quantitative estimate of drug-likeness (QED) is 0.211. The van der Waals surface area contributed by atoms with E-state index in [1.54, 1.807) is 6.08 Å². The SMILES string of the molecule is Cc1cc(C)c(NC(=O)C(C)Sc2nc3ccc(NC(=O)/C=C/c4ccccc4)cc3s2)c(C)c1. The molecule has 5 nitrogen and oxygen atoms in total. The fraction of sp³-hybridized carbons (Fsp3) is 0.179. The van der Waals surface area contributed by atoms with E-state index >= 15 is 0 Å². The van der Waals surface area contributed by atoms with E-state index in [9.17, 15) is 9.59 Å². The first-order chi connectivity index (χ1) is 16.8. The number of anilines is 2. The number of aryl methyl sites for hydroxylation is 3. The highest BCUT2D eigenvalue weighted by Gasteiger charge is 2.19. The van der Waals surface area contributed by atoms with Crippen molar-refractivity contribution in [3.8, 4) is 0 Å². The number of thioether (sulfide) groups is 1. The van der Waals surface area contributed by atoms with Crippen molar-refractivity contribution < 1.29 is 9.59 Å². The number of rotatable bonds is 7. The summed E-state index contributed by atoms with van der Waals surface area (Å²) in [5.41, 5.74) is 6.68. The van der Waals surface area contributed by atoms with Crippen molar-refractivity contribution in [3.63, 3.8) is 0 Å². The van der Waals surface area contributed by atoms with Gasteiger partial charge >= 0.3 is 0 Å². The second kappa shape index (κ2) is 10.9. The highest BCUT2D eigenvalue weighted by Crippen LogP contribution is 2.34. The second-order valence-corrected chi connectivity index (χ2v) is 11.0. The van der Waals surface area contributed by atoms with Crippen LogP contribution in [0, 0.1) is 20.8 Å². The molecule has 1 aromatic heterocycles. The van der Waals surface area contributed by atoms with Crippen molar-refractivity contribution in [2.24, 2.45) is 0 Å². The number of nitrogens with one attached hydrogen (secondary N) is 2. The Balaban J connectivity index is 1.40. The molecule has 0 aliphatic carbocycles. The van der Waals surface area contributed by atoms with Crippen molar-refractivity contribution in [3.05, 3.63) is 89.0 Å². The molecule has 0 bridgehead atoms. The van der Waals surface area contributed by atoms with Gasteiger partial charge in [-0.1, -0.05) is 59.8 Å². The summed E-state index contributed by atoms with van der Waals surface area (Å²) in [6, 6.07) is 19.5. The summed E-state index contributed by atoms with van der Waals surface area (Å²) in [6.07, 6.45) is 3.30. The first-order valence-corrected chi connectivity index (χ1v) is 13.0. The number of carbonyl (C=O) groups excluding carboxylic acids is 2. The maximum Gasteiger partial charge on any atom is 0.248 e. The molecule has 3 aromatic carbocycles. The standard InChI is InChI=1S/C28H27N3O2S2/c1-17-14-18(2)26(19(3)15-17)31-27(33)20(4)34-28-30-23-12-11-22(16-24(23)35-28)29-25(32)13-10-21-8-6-5-7-9-21/h5-16,20H,1-4H3,(H,29,32)(H,31,33)/b13-10+. The summed E-state index contributed by atoms with van der Waals surface area (Å²) in [5, 5.41) is 5.67. The van der Waals surface area contributed by atoms with Gasteiger partial charge in [0, 0.05) is 17.5 Å². The number of aromatic nitrogens is 1. The van der Waals surface area contributed by atoms with E-state index in [2.05, 4.69) is 34.7 Å². The first-order valence-electron chi connectivity index (χ1n) is 11.3. The number of nitrogens with zero attached hydrogens (tertiary/aromatic N) is 1. The van der Waals surface area contributed by atoms with Crippen molar-refractivity contribution in [2.45, 2.75) is 37.3 Å². The summed E-state index contributed by atoms with van der Waals surface area (Å²) in [5.74, 6) is -0.248. The molecule has 4 rings (SSSR count). The summed E-state index contributed by atoms with van der Waals surface area (Å²) >= 11 is 2.95. The van der Waals surface area contributed by atoms with Crippen LogP contribution in [0.2, 0.25) is 0 Å². The van der Waals surface area contributed by atoms with Gasteiger partial charge in [0.25, 0.3) is 0 Å². The lowest BCUT2D eigenvalue weighted by molar-refractivity contribution is -0.115. The molecule has 7 heteroatoms. The van der Waals surface area contributed by atoms with Gasteiger partial charge in [0.2, 0.25) is 11.8 Å². The third-order valence-corrected chi connectivity index (χ3v) is 7.65. The molecule has 0 saturated carbocycles. The van der Waals surface area contributed by atoms with Crippen LogP contribution in [-0.4, -0.2) is 22.0 Å². The maximum absolute atomic E-state index is 12.9. The minimum Gasteiger partial charge on any atom is -0.325 e. The Kier molecular flexibility index (Phi) is 7.68. The molecule has 35 heavy (non-hydrogen) atoms. The van der Waals surface area contributed by atoms with Crippen LogP contribution < -0.4 is 10.6 Å². The van der Waals surface area contributed by atoms with Crippen molar-refractivity contribution in [1.29, 1.82) is 0 Å². The summed E-state index contributed by atoms with van der Waals surface area (Å²) in [4.78, 5) is 29.8. The number of fused-ring (bicyclic) bond motifs is 1. The normalized spacial score (nSPS) is 12.1. The Bertz CT molecular complexity index is 1390. The molecule has 2 amide bonds. The van der Waals surface area contributed by atoms with Crippen LogP contribution in [0.25, 0.3) is 16.3 Å². The van der Waals surface area contributed by atoms with Crippen LogP contribution in [-0.2, 0) is 9.59 Å². The molecule has 0 aliphatic rings. The Hall–Kier alpha value is -3.42. The molecular formula is C28H27N3O2S2. The number of hydrogen-bond donors (Lipinski definition) is 2. The highest BCUT2D eigenvalue weighted by molar-refractivity contribution is 8.02. The van der Waals surface area contributed by atoms with Crippen LogP contribution in [0.3, 0.4) is 0 Å². The lowest BCUT2D eigenvalue weighted by Gasteiger charge is -2.15. The molecule has 0 fully saturated rings. The molecule has 0 aliphatic heterocycles. The summed E-state index contributed by atoms with van der Waals surface area (Å²) < 4.78 is 1.77. The molecule has 0 radical (unpaired) electrons. The number of carbonyl (C=O) groups is 2. The first kappa shape index (κ1) is 24.7. The Morgan fingerprint density at radius 2 is 1.69 bits per heavy atom. The fourth-order valence-electron chi connectivity index (χ4n) is 3.76. The van der Waals surface area contributed by atoms with E-state index < -0.39 is 0 Å². The van der Waals surface area contributed by atoms with Crippen LogP contribution in [0.1, 0.15) is 29.2 Å². The van der Waals surface area contributed by atoms with E-state index in [1.165, 1.54) is 34.7 Å². The molecule has 0 saturated heterocycles. The van der Waals surface area contributed by atoms with Gasteiger partial charge in [-0.2, -0.15) is 0 Å². The van der Waals surface area contributed by atoms with Crippen molar-refractivity contribution >= 4 is 62.6 Å². The Morgan fingerprint density at radius 3 is 2.40 bits per heavy atom. The summed E-state index contributed by atoms with van der Waals surface area (Å²) in [7, 11) is 0. The third-order valence-electron chi connectivity index (χ3n) is 5.44. The average molecular weight is 502 g/mol. The Morgan fingerprint density at radius 1 is 0.971 bits per heavy atom. The van der Waals surface area contributed by atoms with E-state index in [0.717, 1.165) is 36.9 Å². The van der Waals surface area contributed by atoms with Crippen LogP contribution in [0.4, 0.5) is 11.4 Å². The van der Waals surface area contributed by atoms with Gasteiger partial charge in [0.1, 0.15) is 0 Å². The molecular weight excluding hydrogens is 474 g/mol. The fourth-order valence-corrected chi connectivity index (χ4v) is 6.01. The number of hydrogen-bond acceptors (Lipinski definition) is 5. The number of thiazole rings is 1. The van der Waals surface area contributed by atoms with E-state index in [4.69, 9.17) is 0 Å². The third kappa shape index (κ3) is 6.38. The van der Waals surface area contributed by atoms with Crippen molar-refractivity contribution in [2.75, 3.05) is 10.6 Å². The van der Waals surface area contributed by atoms with Gasteiger partial charge in [-0.3, -0.25) is 9.59 Å². The van der Waals surface area contributed by atoms with E-state index in [-0.39, 0.29) is 17.1 Å². The van der Waals surface area contributed by atoms with Crippen molar-refractivity contribution in [1.82, 2.24) is 4.98 Å². The summed E-state index contributed by atoms with van der Waals surface area (Å²) in [6.45, 7) is 7.95.